The third-order valence-corrected chi connectivity index (χ3v) is 6.14. The van der Waals surface area contributed by atoms with Gasteiger partial charge in [0.05, 0.1) is 42.5 Å². The highest BCUT2D eigenvalue weighted by Crippen LogP contribution is 2.37. The second-order valence-electron chi connectivity index (χ2n) is 8.42. The summed E-state index contributed by atoms with van der Waals surface area (Å²) in [5.41, 5.74) is 2.88. The molecule has 6 nitrogen and oxygen atoms in total. The van der Waals surface area contributed by atoms with Gasteiger partial charge < -0.3 is 24.3 Å². The topological polar surface area (TPSA) is 46.2 Å². The van der Waals surface area contributed by atoms with E-state index in [9.17, 15) is 0 Å². The zero-order chi connectivity index (χ0) is 18.4. The Morgan fingerprint density at radius 2 is 1.73 bits per heavy atom. The Morgan fingerprint density at radius 1 is 1.04 bits per heavy atom. The van der Waals surface area contributed by atoms with Crippen molar-refractivity contribution in [1.29, 1.82) is 0 Å². The minimum absolute atomic E-state index is 0.311. The van der Waals surface area contributed by atoms with Crippen LogP contribution in [0.3, 0.4) is 0 Å². The number of anilines is 2. The number of hydrogen-bond acceptors (Lipinski definition) is 6. The lowest BCUT2D eigenvalue weighted by atomic mass is 9.79. The van der Waals surface area contributed by atoms with E-state index in [4.69, 9.17) is 14.0 Å². The minimum atomic E-state index is -0.311. The average molecular weight is 359 g/mol. The van der Waals surface area contributed by atoms with Gasteiger partial charge in [-0.1, -0.05) is 6.07 Å². The summed E-state index contributed by atoms with van der Waals surface area (Å²) in [6, 6.07) is 6.50. The molecule has 0 radical (unpaired) electrons. The minimum Gasteiger partial charge on any atom is -0.399 e. The van der Waals surface area contributed by atoms with E-state index in [0.29, 0.717) is 0 Å². The molecule has 0 aromatic heterocycles. The first-order valence-corrected chi connectivity index (χ1v) is 9.64. The van der Waals surface area contributed by atoms with Gasteiger partial charge in [-0.05, 0) is 45.3 Å². The van der Waals surface area contributed by atoms with E-state index in [1.807, 2.05) is 0 Å². The van der Waals surface area contributed by atoms with Gasteiger partial charge in [0, 0.05) is 26.2 Å². The molecule has 3 aliphatic heterocycles. The average Bonchev–Trinajstić information content (AvgIpc) is 3.11. The fourth-order valence-corrected chi connectivity index (χ4v) is 3.65. The van der Waals surface area contributed by atoms with Crippen molar-refractivity contribution in [3.8, 4) is 0 Å². The van der Waals surface area contributed by atoms with Crippen LogP contribution in [0.25, 0.3) is 0 Å². The predicted molar refractivity (Wildman–Crippen MR) is 105 cm³/mol. The molecule has 0 aliphatic carbocycles. The molecule has 2 fully saturated rings. The molecule has 7 heteroatoms. The number of nitrogens with zero attached hydrogens (tertiary/aromatic N) is 2. The molecule has 0 atom stereocenters. The van der Waals surface area contributed by atoms with E-state index in [-0.39, 0.29) is 18.3 Å². The third kappa shape index (κ3) is 3.33. The largest absolute Gasteiger partial charge is 0.494 e. The number of morpholine rings is 1. The fraction of sp³-hybridized carbons (Fsp3) is 0.684. The maximum absolute atomic E-state index is 6.18. The molecule has 0 bridgehead atoms. The summed E-state index contributed by atoms with van der Waals surface area (Å²) in [6.45, 7) is 15.1. The highest BCUT2D eigenvalue weighted by Gasteiger charge is 2.51. The summed E-state index contributed by atoms with van der Waals surface area (Å²) in [6.07, 6.45) is 0. The molecule has 3 aliphatic rings. The van der Waals surface area contributed by atoms with Crippen LogP contribution in [-0.4, -0.2) is 69.3 Å². The van der Waals surface area contributed by atoms with Gasteiger partial charge in [0.25, 0.3) is 0 Å². The molecule has 142 valence electrons. The molecule has 0 saturated carbocycles. The summed E-state index contributed by atoms with van der Waals surface area (Å²) < 4.78 is 17.8. The number of fused-ring (bicyclic) bond motifs is 1. The van der Waals surface area contributed by atoms with Crippen LogP contribution in [0.1, 0.15) is 27.7 Å². The Labute approximate surface area is 156 Å². The fourth-order valence-electron chi connectivity index (χ4n) is 3.65. The molecule has 2 saturated heterocycles. The number of nitrogens with one attached hydrogen (secondary N) is 1. The van der Waals surface area contributed by atoms with Crippen LogP contribution < -0.4 is 15.7 Å². The van der Waals surface area contributed by atoms with Gasteiger partial charge in [-0.15, -0.1) is 0 Å². The molecular weight excluding hydrogens is 329 g/mol. The van der Waals surface area contributed by atoms with E-state index in [1.165, 1.54) is 11.4 Å². The summed E-state index contributed by atoms with van der Waals surface area (Å²) in [5, 5.41) is 3.51. The first-order chi connectivity index (χ1) is 12.4. The van der Waals surface area contributed by atoms with E-state index < -0.39 is 0 Å². The summed E-state index contributed by atoms with van der Waals surface area (Å²) in [5.74, 6) is 0. The third-order valence-electron chi connectivity index (χ3n) is 6.14. The van der Waals surface area contributed by atoms with Gasteiger partial charge in [-0.2, -0.15) is 0 Å². The summed E-state index contributed by atoms with van der Waals surface area (Å²) >= 11 is 0. The summed E-state index contributed by atoms with van der Waals surface area (Å²) in [7, 11) is -0.311. The number of rotatable bonds is 4. The Balaban J connectivity index is 1.42. The Hall–Kier alpha value is -1.28. The van der Waals surface area contributed by atoms with Crippen molar-refractivity contribution in [2.45, 2.75) is 38.9 Å². The monoisotopic (exact) mass is 359 g/mol. The standard InChI is InChI=1S/C19H30BN3O3/c1-18(2)19(3,4)26-20(25-18)15-5-6-17-16(13-15)21-14-23(17)8-7-22-9-11-24-12-10-22/h5-6,13,21H,7-12,14H2,1-4H3. The van der Waals surface area contributed by atoms with E-state index >= 15 is 0 Å². The molecule has 0 amide bonds. The molecule has 4 rings (SSSR count). The lowest BCUT2D eigenvalue weighted by Gasteiger charge is -2.32. The second-order valence-corrected chi connectivity index (χ2v) is 8.42. The van der Waals surface area contributed by atoms with E-state index in [0.717, 1.165) is 51.5 Å². The lowest BCUT2D eigenvalue weighted by Crippen LogP contribution is -2.41. The van der Waals surface area contributed by atoms with Crippen molar-refractivity contribution < 1.29 is 14.0 Å². The second kappa shape index (κ2) is 6.71. The quantitative estimate of drug-likeness (QED) is 0.823. The molecule has 1 aromatic carbocycles. The van der Waals surface area contributed by atoms with Crippen LogP contribution in [0.2, 0.25) is 0 Å². The molecule has 26 heavy (non-hydrogen) atoms. The first kappa shape index (κ1) is 18.1. The number of ether oxygens (including phenoxy) is 1. The zero-order valence-electron chi connectivity index (χ0n) is 16.4. The van der Waals surface area contributed by atoms with Crippen LogP contribution in [0.4, 0.5) is 11.4 Å². The van der Waals surface area contributed by atoms with Crippen molar-refractivity contribution in [3.05, 3.63) is 18.2 Å². The predicted octanol–water partition coefficient (Wildman–Crippen LogP) is 1.51. The maximum atomic E-state index is 6.18. The van der Waals surface area contributed by atoms with Gasteiger partial charge in [-0.25, -0.2) is 0 Å². The van der Waals surface area contributed by atoms with Gasteiger partial charge >= 0.3 is 7.12 Å². The highest BCUT2D eigenvalue weighted by atomic mass is 16.7. The number of benzene rings is 1. The van der Waals surface area contributed by atoms with Crippen LogP contribution in [0.15, 0.2) is 18.2 Å². The van der Waals surface area contributed by atoms with Crippen molar-refractivity contribution in [3.63, 3.8) is 0 Å². The number of hydrogen-bond donors (Lipinski definition) is 1. The van der Waals surface area contributed by atoms with E-state index in [2.05, 4.69) is 61.0 Å². The molecular formula is C19H30BN3O3. The lowest BCUT2D eigenvalue weighted by molar-refractivity contribution is 0.00578. The van der Waals surface area contributed by atoms with Crippen LogP contribution in [0.5, 0.6) is 0 Å². The SMILES string of the molecule is CC1(C)OB(c2ccc3c(c2)NCN3CCN2CCOCC2)OC1(C)C. The molecule has 0 unspecified atom stereocenters. The smallest absolute Gasteiger partial charge is 0.399 e. The van der Waals surface area contributed by atoms with Crippen molar-refractivity contribution >= 4 is 24.0 Å². The van der Waals surface area contributed by atoms with Gasteiger partial charge in [0.15, 0.2) is 0 Å². The molecule has 1 N–H and O–H groups in total. The van der Waals surface area contributed by atoms with Crippen LogP contribution in [-0.2, 0) is 14.0 Å². The van der Waals surface area contributed by atoms with Crippen molar-refractivity contribution in [1.82, 2.24) is 4.90 Å². The van der Waals surface area contributed by atoms with Gasteiger partial charge in [-0.3, -0.25) is 4.90 Å². The van der Waals surface area contributed by atoms with E-state index in [1.54, 1.807) is 0 Å². The molecule has 3 heterocycles. The van der Waals surface area contributed by atoms with Gasteiger partial charge in [0.2, 0.25) is 0 Å². The normalized spacial score (nSPS) is 24.6. The molecule has 0 spiro atoms. The molecule has 1 aromatic rings. The summed E-state index contributed by atoms with van der Waals surface area (Å²) in [4.78, 5) is 4.87. The Bertz CT molecular complexity index is 645. The van der Waals surface area contributed by atoms with Gasteiger partial charge in [0.1, 0.15) is 0 Å². The Morgan fingerprint density at radius 3 is 2.42 bits per heavy atom. The van der Waals surface area contributed by atoms with Crippen molar-refractivity contribution in [2.24, 2.45) is 0 Å². The zero-order valence-corrected chi connectivity index (χ0v) is 16.4. The maximum Gasteiger partial charge on any atom is 0.494 e. The van der Waals surface area contributed by atoms with Crippen LogP contribution in [0, 0.1) is 0 Å². The highest BCUT2D eigenvalue weighted by molar-refractivity contribution is 6.62. The van der Waals surface area contributed by atoms with Crippen molar-refractivity contribution in [2.75, 3.05) is 56.3 Å². The first-order valence-electron chi connectivity index (χ1n) is 9.64. The van der Waals surface area contributed by atoms with Crippen LogP contribution >= 0.6 is 0 Å². The Kier molecular flexibility index (Phi) is 4.67.